The van der Waals surface area contributed by atoms with E-state index in [4.69, 9.17) is 4.74 Å². The van der Waals surface area contributed by atoms with Crippen molar-refractivity contribution < 1.29 is 9.53 Å². The molecule has 0 radical (unpaired) electrons. The largest absolute Gasteiger partial charge is 0.381 e. The number of carbonyl (C=O) groups excluding carboxylic acids is 1. The summed E-state index contributed by atoms with van der Waals surface area (Å²) in [6.45, 7) is 9.66. The second kappa shape index (κ2) is 5.23. The summed E-state index contributed by atoms with van der Waals surface area (Å²) >= 11 is 0. The number of benzene rings is 1. The van der Waals surface area contributed by atoms with Gasteiger partial charge in [-0.2, -0.15) is 0 Å². The van der Waals surface area contributed by atoms with Crippen molar-refractivity contribution in [3.8, 4) is 0 Å². The third-order valence-electron chi connectivity index (χ3n) is 4.14. The van der Waals surface area contributed by atoms with Crippen LogP contribution in [0.15, 0.2) is 6.07 Å². The Morgan fingerprint density at radius 3 is 2.28 bits per heavy atom. The first kappa shape index (κ1) is 13.3. The molecule has 0 N–H and O–H groups in total. The first-order chi connectivity index (χ1) is 8.52. The van der Waals surface area contributed by atoms with Crippen LogP contribution in [0.5, 0.6) is 0 Å². The fourth-order valence-electron chi connectivity index (χ4n) is 2.74. The molecule has 0 spiro atoms. The van der Waals surface area contributed by atoms with E-state index in [9.17, 15) is 4.79 Å². The molecule has 18 heavy (non-hydrogen) atoms. The number of ketones is 1. The van der Waals surface area contributed by atoms with Crippen molar-refractivity contribution >= 4 is 5.78 Å². The lowest BCUT2D eigenvalue weighted by molar-refractivity contribution is 0.0460. The lowest BCUT2D eigenvalue weighted by Crippen LogP contribution is -2.26. The number of Topliss-reactive ketones (excluding diaryl/α,β-unsaturated/α-hetero) is 1. The fraction of sp³-hybridized carbons (Fsp3) is 0.562. The number of hydrogen-bond donors (Lipinski definition) is 0. The van der Waals surface area contributed by atoms with Crippen LogP contribution in [0.1, 0.15) is 45.5 Å². The van der Waals surface area contributed by atoms with Crippen LogP contribution < -0.4 is 0 Å². The van der Waals surface area contributed by atoms with Gasteiger partial charge in [0.1, 0.15) is 0 Å². The van der Waals surface area contributed by atoms with E-state index in [1.807, 2.05) is 0 Å². The van der Waals surface area contributed by atoms with Crippen LogP contribution >= 0.6 is 0 Å². The minimum Gasteiger partial charge on any atom is -0.381 e. The molecule has 1 aliphatic rings. The van der Waals surface area contributed by atoms with E-state index in [0.29, 0.717) is 6.61 Å². The second-order valence-corrected chi connectivity index (χ2v) is 5.41. The number of ether oxygens (including phenoxy) is 1. The van der Waals surface area contributed by atoms with Gasteiger partial charge in [-0.25, -0.2) is 0 Å². The standard InChI is InChI=1S/C16H22O2/c1-10-8-11(2)13(4)15(12(10)3)16(17)14-6-5-7-18-9-14/h8,14H,5-7,9H2,1-4H3. The minimum atomic E-state index is 0.0531. The third kappa shape index (κ3) is 2.35. The minimum absolute atomic E-state index is 0.0531. The van der Waals surface area contributed by atoms with E-state index in [1.165, 1.54) is 11.1 Å². The van der Waals surface area contributed by atoms with Gasteiger partial charge in [-0.15, -0.1) is 0 Å². The van der Waals surface area contributed by atoms with Crippen molar-refractivity contribution in [3.63, 3.8) is 0 Å². The molecule has 2 nitrogen and oxygen atoms in total. The molecule has 1 aromatic carbocycles. The zero-order valence-corrected chi connectivity index (χ0v) is 11.8. The van der Waals surface area contributed by atoms with E-state index < -0.39 is 0 Å². The molecule has 0 aromatic heterocycles. The van der Waals surface area contributed by atoms with Gasteiger partial charge in [0.15, 0.2) is 5.78 Å². The predicted molar refractivity (Wildman–Crippen MR) is 73.3 cm³/mol. The summed E-state index contributed by atoms with van der Waals surface area (Å²) in [5.74, 6) is 0.328. The predicted octanol–water partition coefficient (Wildman–Crippen LogP) is 3.53. The molecule has 1 fully saturated rings. The Kier molecular flexibility index (Phi) is 3.86. The molecule has 0 amide bonds. The van der Waals surface area contributed by atoms with Crippen molar-refractivity contribution in [2.75, 3.05) is 13.2 Å². The van der Waals surface area contributed by atoms with Crippen LogP contribution in [0.25, 0.3) is 0 Å². The Bertz CT molecular complexity index is 442. The normalized spacial score (nSPS) is 19.9. The summed E-state index contributed by atoms with van der Waals surface area (Å²) in [4.78, 5) is 12.7. The number of carbonyl (C=O) groups is 1. The van der Waals surface area contributed by atoms with Crippen LogP contribution in [0.4, 0.5) is 0 Å². The number of aryl methyl sites for hydroxylation is 2. The van der Waals surface area contributed by atoms with Crippen LogP contribution in [-0.2, 0) is 4.74 Å². The van der Waals surface area contributed by atoms with Crippen LogP contribution in [0.2, 0.25) is 0 Å². The van der Waals surface area contributed by atoms with Gasteiger partial charge < -0.3 is 4.74 Å². The van der Waals surface area contributed by atoms with Gasteiger partial charge in [-0.3, -0.25) is 4.79 Å². The van der Waals surface area contributed by atoms with E-state index in [0.717, 1.165) is 36.1 Å². The van der Waals surface area contributed by atoms with E-state index in [2.05, 4.69) is 33.8 Å². The van der Waals surface area contributed by atoms with Crippen molar-refractivity contribution in [3.05, 3.63) is 33.9 Å². The SMILES string of the molecule is Cc1cc(C)c(C)c(C(=O)C2CCCOC2)c1C. The Morgan fingerprint density at radius 2 is 1.78 bits per heavy atom. The molecular weight excluding hydrogens is 224 g/mol. The summed E-state index contributed by atoms with van der Waals surface area (Å²) in [7, 11) is 0. The molecule has 2 heteroatoms. The van der Waals surface area contributed by atoms with Gasteiger partial charge in [-0.05, 0) is 62.8 Å². The third-order valence-corrected chi connectivity index (χ3v) is 4.14. The van der Waals surface area contributed by atoms with Gasteiger partial charge in [0, 0.05) is 18.1 Å². The summed E-state index contributed by atoms with van der Waals surface area (Å²) in [6.07, 6.45) is 1.96. The summed E-state index contributed by atoms with van der Waals surface area (Å²) in [5.41, 5.74) is 5.61. The molecule has 0 bridgehead atoms. The molecule has 1 heterocycles. The van der Waals surface area contributed by atoms with Crippen LogP contribution in [-0.4, -0.2) is 19.0 Å². The van der Waals surface area contributed by atoms with Gasteiger partial charge in [0.25, 0.3) is 0 Å². The molecule has 1 aromatic rings. The van der Waals surface area contributed by atoms with E-state index in [1.54, 1.807) is 0 Å². The average molecular weight is 246 g/mol. The highest BCUT2D eigenvalue weighted by molar-refractivity contribution is 6.01. The maximum atomic E-state index is 12.7. The van der Waals surface area contributed by atoms with Gasteiger partial charge in [0.2, 0.25) is 0 Å². The van der Waals surface area contributed by atoms with E-state index in [-0.39, 0.29) is 11.7 Å². The molecule has 98 valence electrons. The second-order valence-electron chi connectivity index (χ2n) is 5.41. The Morgan fingerprint density at radius 1 is 1.17 bits per heavy atom. The Labute approximate surface area is 109 Å². The van der Waals surface area contributed by atoms with Crippen LogP contribution in [0.3, 0.4) is 0 Å². The first-order valence-corrected chi connectivity index (χ1v) is 6.71. The molecule has 0 saturated carbocycles. The highest BCUT2D eigenvalue weighted by Crippen LogP contribution is 2.27. The average Bonchev–Trinajstić information content (AvgIpc) is 2.37. The van der Waals surface area contributed by atoms with Crippen molar-refractivity contribution in [1.82, 2.24) is 0 Å². The maximum absolute atomic E-state index is 12.7. The molecule has 0 aliphatic carbocycles. The van der Waals surface area contributed by atoms with E-state index >= 15 is 0 Å². The summed E-state index contributed by atoms with van der Waals surface area (Å²) < 4.78 is 5.44. The molecule has 2 rings (SSSR count). The first-order valence-electron chi connectivity index (χ1n) is 6.71. The molecule has 1 saturated heterocycles. The molecule has 1 aliphatic heterocycles. The molecule has 1 atom stereocenters. The van der Waals surface area contributed by atoms with Crippen molar-refractivity contribution in [2.45, 2.75) is 40.5 Å². The number of rotatable bonds is 2. The fourth-order valence-corrected chi connectivity index (χ4v) is 2.74. The highest BCUT2D eigenvalue weighted by Gasteiger charge is 2.26. The zero-order chi connectivity index (χ0) is 13.3. The smallest absolute Gasteiger partial charge is 0.168 e. The highest BCUT2D eigenvalue weighted by atomic mass is 16.5. The quantitative estimate of drug-likeness (QED) is 0.746. The number of hydrogen-bond acceptors (Lipinski definition) is 2. The summed E-state index contributed by atoms with van der Waals surface area (Å²) in [5, 5.41) is 0. The zero-order valence-electron chi connectivity index (χ0n) is 11.8. The maximum Gasteiger partial charge on any atom is 0.168 e. The Hall–Kier alpha value is -1.15. The molecule has 1 unspecified atom stereocenters. The lowest BCUT2D eigenvalue weighted by Gasteiger charge is -2.23. The topological polar surface area (TPSA) is 26.3 Å². The van der Waals surface area contributed by atoms with Crippen LogP contribution in [0, 0.1) is 33.6 Å². The monoisotopic (exact) mass is 246 g/mol. The lowest BCUT2D eigenvalue weighted by atomic mass is 9.85. The van der Waals surface area contributed by atoms with Gasteiger partial charge >= 0.3 is 0 Å². The Balaban J connectivity index is 2.40. The summed E-state index contributed by atoms with van der Waals surface area (Å²) in [6, 6.07) is 2.17. The van der Waals surface area contributed by atoms with Gasteiger partial charge in [0.05, 0.1) is 6.61 Å². The van der Waals surface area contributed by atoms with Gasteiger partial charge in [-0.1, -0.05) is 6.07 Å². The van der Waals surface area contributed by atoms with Crippen molar-refractivity contribution in [2.24, 2.45) is 5.92 Å². The van der Waals surface area contributed by atoms with Crippen molar-refractivity contribution in [1.29, 1.82) is 0 Å². The molecular formula is C16H22O2.